The van der Waals surface area contributed by atoms with Gasteiger partial charge in [0.2, 0.25) is 0 Å². The van der Waals surface area contributed by atoms with Crippen molar-refractivity contribution in [3.63, 3.8) is 0 Å². The van der Waals surface area contributed by atoms with Crippen LogP contribution in [0, 0.1) is 23.7 Å². The number of rotatable bonds is 3. The first kappa shape index (κ1) is 16.4. The van der Waals surface area contributed by atoms with Gasteiger partial charge in [-0.05, 0) is 92.2 Å². The third-order valence-electron chi connectivity index (χ3n) is 7.98. The highest BCUT2D eigenvalue weighted by atomic mass is 35.5. The molecule has 5 heteroatoms. The second kappa shape index (κ2) is 5.30. The second-order valence-corrected chi connectivity index (χ2v) is 9.99. The van der Waals surface area contributed by atoms with E-state index in [-0.39, 0.29) is 16.7 Å². The van der Waals surface area contributed by atoms with E-state index in [1.165, 1.54) is 25.7 Å². The van der Waals surface area contributed by atoms with E-state index in [4.69, 9.17) is 22.1 Å². The van der Waals surface area contributed by atoms with Gasteiger partial charge in [-0.2, -0.15) is 0 Å². The lowest BCUT2D eigenvalue weighted by Crippen LogP contribution is -2.69. The quantitative estimate of drug-likeness (QED) is 0.831. The highest BCUT2D eigenvalue weighted by Gasteiger charge is 2.65. The van der Waals surface area contributed by atoms with Crippen LogP contribution >= 0.6 is 11.6 Å². The molecule has 0 aliphatic heterocycles. The summed E-state index contributed by atoms with van der Waals surface area (Å²) in [5.74, 6) is 3.35. The van der Waals surface area contributed by atoms with E-state index in [9.17, 15) is 4.79 Å². The van der Waals surface area contributed by atoms with Crippen LogP contribution in [0.3, 0.4) is 0 Å². The Morgan fingerprint density at radius 1 is 1.11 bits per heavy atom. The van der Waals surface area contributed by atoms with Crippen molar-refractivity contribution in [2.75, 3.05) is 0 Å². The van der Waals surface area contributed by atoms with E-state index in [0.29, 0.717) is 28.0 Å². The van der Waals surface area contributed by atoms with Crippen LogP contribution in [0.4, 0.5) is 0 Å². The minimum atomic E-state index is -0.132. The van der Waals surface area contributed by atoms with Gasteiger partial charge < -0.3 is 15.5 Å². The van der Waals surface area contributed by atoms with Gasteiger partial charge in [0.15, 0.2) is 0 Å². The summed E-state index contributed by atoms with van der Waals surface area (Å²) in [6, 6.07) is 5.57. The molecule has 7 rings (SSSR count). The van der Waals surface area contributed by atoms with E-state index >= 15 is 0 Å². The van der Waals surface area contributed by atoms with Crippen molar-refractivity contribution in [3.05, 3.63) is 39.8 Å². The summed E-state index contributed by atoms with van der Waals surface area (Å²) in [5, 5.41) is 2.00. The summed E-state index contributed by atoms with van der Waals surface area (Å²) in [6.07, 6.45) is 10.1. The molecule has 27 heavy (non-hydrogen) atoms. The van der Waals surface area contributed by atoms with Gasteiger partial charge in [0.1, 0.15) is 11.4 Å². The first-order valence-electron chi connectivity index (χ1n) is 10.3. The number of H-pyrrole nitrogens is 1. The Kier molecular flexibility index (Phi) is 3.22. The van der Waals surface area contributed by atoms with Crippen molar-refractivity contribution >= 4 is 22.4 Å². The molecular formula is C22H25ClN2O2. The fraction of sp³-hybridized carbons (Fsp3) is 0.591. The molecule has 142 valence electrons. The topological polar surface area (TPSA) is 68.1 Å². The lowest BCUT2D eigenvalue weighted by molar-refractivity contribution is -0.152. The Labute approximate surface area is 163 Å². The Morgan fingerprint density at radius 2 is 1.85 bits per heavy atom. The molecule has 1 aromatic carbocycles. The average molecular weight is 385 g/mol. The maximum atomic E-state index is 12.0. The van der Waals surface area contributed by atoms with Crippen LogP contribution in [0.25, 0.3) is 10.8 Å². The molecule has 5 aliphatic carbocycles. The zero-order valence-corrected chi connectivity index (χ0v) is 16.1. The van der Waals surface area contributed by atoms with E-state index in [2.05, 4.69) is 4.98 Å². The predicted octanol–water partition coefficient (Wildman–Crippen LogP) is 4.25. The number of halogens is 1. The van der Waals surface area contributed by atoms with Crippen molar-refractivity contribution in [2.24, 2.45) is 29.4 Å². The Morgan fingerprint density at radius 3 is 2.56 bits per heavy atom. The van der Waals surface area contributed by atoms with Gasteiger partial charge in [-0.15, -0.1) is 0 Å². The minimum absolute atomic E-state index is 0.0459. The maximum Gasteiger partial charge on any atom is 0.255 e. The normalized spacial score (nSPS) is 39.9. The van der Waals surface area contributed by atoms with Crippen molar-refractivity contribution in [2.45, 2.75) is 56.1 Å². The van der Waals surface area contributed by atoms with Crippen LogP contribution in [0.5, 0.6) is 5.75 Å². The molecule has 0 spiro atoms. The van der Waals surface area contributed by atoms with Crippen LogP contribution in [-0.4, -0.2) is 16.1 Å². The molecule has 2 atom stereocenters. The number of aromatic nitrogens is 1. The number of hydrogen-bond donors (Lipinski definition) is 2. The van der Waals surface area contributed by atoms with E-state index in [1.807, 2.05) is 12.1 Å². The van der Waals surface area contributed by atoms with Crippen LogP contribution in [-0.2, 0) is 0 Å². The van der Waals surface area contributed by atoms with Gasteiger partial charge in [0.25, 0.3) is 5.56 Å². The fourth-order valence-electron chi connectivity index (χ4n) is 6.88. The van der Waals surface area contributed by atoms with Crippen LogP contribution < -0.4 is 16.0 Å². The Balaban J connectivity index is 1.37. The summed E-state index contributed by atoms with van der Waals surface area (Å²) in [7, 11) is 0. The lowest BCUT2D eigenvalue weighted by Gasteiger charge is -2.64. The van der Waals surface area contributed by atoms with Gasteiger partial charge in [-0.1, -0.05) is 11.6 Å². The third-order valence-corrected chi connectivity index (χ3v) is 8.28. The maximum absolute atomic E-state index is 12.0. The smallest absolute Gasteiger partial charge is 0.255 e. The zero-order chi connectivity index (χ0) is 18.4. The molecule has 0 amide bonds. The number of hydrogen-bond acceptors (Lipinski definition) is 3. The van der Waals surface area contributed by atoms with Gasteiger partial charge in [0, 0.05) is 17.1 Å². The predicted molar refractivity (Wildman–Crippen MR) is 106 cm³/mol. The molecule has 0 radical (unpaired) electrons. The Hall–Kier alpha value is -1.52. The summed E-state index contributed by atoms with van der Waals surface area (Å²) in [4.78, 5) is 14.7. The zero-order valence-electron chi connectivity index (χ0n) is 15.3. The monoisotopic (exact) mass is 384 g/mol. The number of ether oxygens (including phenoxy) is 1. The second-order valence-electron chi connectivity index (χ2n) is 9.58. The molecular weight excluding hydrogens is 360 g/mol. The van der Waals surface area contributed by atoms with E-state index in [1.54, 1.807) is 12.3 Å². The van der Waals surface area contributed by atoms with Crippen molar-refractivity contribution < 1.29 is 4.74 Å². The molecule has 0 saturated heterocycles. The summed E-state index contributed by atoms with van der Waals surface area (Å²) in [5.41, 5.74) is 6.85. The molecule has 1 aromatic heterocycles. The molecule has 5 fully saturated rings. The molecule has 4 bridgehead atoms. The third kappa shape index (κ3) is 2.29. The number of nitrogens with one attached hydrogen (secondary N) is 1. The summed E-state index contributed by atoms with van der Waals surface area (Å²) >= 11 is 6.53. The van der Waals surface area contributed by atoms with Crippen LogP contribution in [0.1, 0.15) is 44.9 Å². The number of pyridine rings is 1. The Bertz CT molecular complexity index is 979. The molecule has 2 unspecified atom stereocenters. The number of aromatic amines is 1. The molecule has 4 nitrogen and oxygen atoms in total. The summed E-state index contributed by atoms with van der Waals surface area (Å²) < 4.78 is 6.69. The summed E-state index contributed by atoms with van der Waals surface area (Å²) in [6.45, 7) is 0. The number of fused-ring (bicyclic) bond motifs is 1. The minimum Gasteiger partial charge on any atom is -0.486 e. The average Bonchev–Trinajstić information content (AvgIpc) is 3.46. The molecule has 2 aromatic rings. The molecule has 5 aliphatic rings. The SMILES string of the molecule is NC1(C2CC2)C2CC3CC1CC(Oc1cc4cc[nH]c(=O)c4cc1Cl)(C3)C2. The standard InChI is InChI=1S/C22H25ClN2O2/c23-18-8-17-13(3-4-25-20(17)26)7-19(18)27-21-9-12-5-15(10-21)22(24,14-1-2-14)16(6-12)11-21/h3-4,7-8,12,14-16H,1-2,5-6,9-11,24H2,(H,25,26). The van der Waals surface area contributed by atoms with Crippen LogP contribution in [0.2, 0.25) is 5.02 Å². The highest BCUT2D eigenvalue weighted by Crippen LogP contribution is 2.65. The largest absolute Gasteiger partial charge is 0.486 e. The fourth-order valence-corrected chi connectivity index (χ4v) is 7.08. The highest BCUT2D eigenvalue weighted by molar-refractivity contribution is 6.32. The first-order chi connectivity index (χ1) is 13.0. The van der Waals surface area contributed by atoms with Crippen molar-refractivity contribution in [1.29, 1.82) is 0 Å². The molecule has 1 heterocycles. The number of nitrogens with two attached hydrogens (primary N) is 1. The van der Waals surface area contributed by atoms with Crippen molar-refractivity contribution in [3.8, 4) is 5.75 Å². The van der Waals surface area contributed by atoms with Crippen molar-refractivity contribution in [1.82, 2.24) is 4.98 Å². The van der Waals surface area contributed by atoms with E-state index in [0.717, 1.165) is 36.5 Å². The van der Waals surface area contributed by atoms with Gasteiger partial charge in [0.05, 0.1) is 5.02 Å². The molecule has 5 saturated carbocycles. The lowest BCUT2D eigenvalue weighted by atomic mass is 9.46. The first-order valence-corrected chi connectivity index (χ1v) is 10.6. The van der Waals surface area contributed by atoms with E-state index < -0.39 is 0 Å². The van der Waals surface area contributed by atoms with Crippen LogP contribution in [0.15, 0.2) is 29.2 Å². The van der Waals surface area contributed by atoms with Gasteiger partial charge in [-0.25, -0.2) is 0 Å². The number of benzene rings is 1. The van der Waals surface area contributed by atoms with Gasteiger partial charge in [-0.3, -0.25) is 4.79 Å². The van der Waals surface area contributed by atoms with Gasteiger partial charge >= 0.3 is 0 Å². The molecule has 3 N–H and O–H groups in total.